The van der Waals surface area contributed by atoms with E-state index in [4.69, 9.17) is 5.26 Å². The first kappa shape index (κ1) is 11.8. The van der Waals surface area contributed by atoms with E-state index in [-0.39, 0.29) is 34.6 Å². The molecule has 0 saturated heterocycles. The average Bonchev–Trinajstić information content (AvgIpc) is 2.05. The van der Waals surface area contributed by atoms with Gasteiger partial charge in [-0.05, 0) is 23.2 Å². The number of hydrogen-bond acceptors (Lipinski definition) is 4. The SMILES string of the molecule is N#Cc1ccnc(S(=O)[O-])c1.[Na+]. The third-order valence-electron chi connectivity index (χ3n) is 1.03. The number of rotatable bonds is 1. The second-order valence-electron chi connectivity index (χ2n) is 1.73. The van der Waals surface area contributed by atoms with Crippen molar-refractivity contribution in [2.24, 2.45) is 0 Å². The molecule has 0 fully saturated rings. The Morgan fingerprint density at radius 1 is 1.67 bits per heavy atom. The van der Waals surface area contributed by atoms with E-state index < -0.39 is 11.1 Å². The second kappa shape index (κ2) is 5.41. The minimum Gasteiger partial charge on any atom is -0.767 e. The van der Waals surface area contributed by atoms with E-state index in [1.807, 2.05) is 6.07 Å². The van der Waals surface area contributed by atoms with Crippen LogP contribution in [-0.2, 0) is 11.1 Å². The van der Waals surface area contributed by atoms with Gasteiger partial charge in [-0.1, -0.05) is 0 Å². The number of hydrogen-bond donors (Lipinski definition) is 0. The number of nitrogens with zero attached hydrogens (tertiary/aromatic N) is 2. The molecule has 1 aromatic heterocycles. The summed E-state index contributed by atoms with van der Waals surface area (Å²) in [5, 5.41) is 8.26. The van der Waals surface area contributed by atoms with E-state index in [9.17, 15) is 8.76 Å². The van der Waals surface area contributed by atoms with E-state index in [0.29, 0.717) is 5.56 Å². The van der Waals surface area contributed by atoms with Crippen LogP contribution in [0, 0.1) is 11.3 Å². The molecular formula is C6H3N2NaO2S. The summed E-state index contributed by atoms with van der Waals surface area (Å²) in [5.74, 6) is 0. The van der Waals surface area contributed by atoms with Gasteiger partial charge in [0, 0.05) is 6.20 Å². The molecule has 0 N–H and O–H groups in total. The van der Waals surface area contributed by atoms with Crippen LogP contribution in [0.2, 0.25) is 0 Å². The van der Waals surface area contributed by atoms with Crippen LogP contribution in [0.25, 0.3) is 0 Å². The van der Waals surface area contributed by atoms with Crippen molar-refractivity contribution >= 4 is 11.1 Å². The van der Waals surface area contributed by atoms with Crippen LogP contribution < -0.4 is 29.6 Å². The quantitative estimate of drug-likeness (QED) is 0.354. The van der Waals surface area contributed by atoms with Crippen molar-refractivity contribution in [3.05, 3.63) is 23.9 Å². The maximum atomic E-state index is 10.3. The predicted octanol–water partition coefficient (Wildman–Crippen LogP) is -2.80. The fraction of sp³-hybridized carbons (Fsp3) is 0. The molecule has 0 bridgehead atoms. The molecule has 0 amide bonds. The van der Waals surface area contributed by atoms with Crippen molar-refractivity contribution in [1.29, 1.82) is 5.26 Å². The summed E-state index contributed by atoms with van der Waals surface area (Å²) in [5.41, 5.74) is 0.291. The largest absolute Gasteiger partial charge is 1.00 e. The summed E-state index contributed by atoms with van der Waals surface area (Å²) in [7, 11) is 0. The molecule has 0 aromatic carbocycles. The van der Waals surface area contributed by atoms with Crippen LogP contribution in [0.5, 0.6) is 0 Å². The molecule has 56 valence electrons. The van der Waals surface area contributed by atoms with Gasteiger partial charge in [0.15, 0.2) is 0 Å². The van der Waals surface area contributed by atoms with Crippen molar-refractivity contribution in [3.63, 3.8) is 0 Å². The summed E-state index contributed by atoms with van der Waals surface area (Å²) in [4.78, 5) is 3.52. The topological polar surface area (TPSA) is 76.8 Å². The van der Waals surface area contributed by atoms with E-state index in [1.165, 1.54) is 18.3 Å². The zero-order valence-electron chi connectivity index (χ0n) is 6.35. The summed E-state index contributed by atoms with van der Waals surface area (Å²) in [6.45, 7) is 0. The molecule has 0 saturated carbocycles. The van der Waals surface area contributed by atoms with Crippen molar-refractivity contribution in [1.82, 2.24) is 4.98 Å². The molecule has 1 atom stereocenters. The van der Waals surface area contributed by atoms with Gasteiger partial charge in [-0.3, -0.25) is 4.21 Å². The number of aromatic nitrogens is 1. The second-order valence-corrected chi connectivity index (χ2v) is 2.62. The third-order valence-corrected chi connectivity index (χ3v) is 1.60. The van der Waals surface area contributed by atoms with Crippen LogP contribution in [0.4, 0.5) is 0 Å². The summed E-state index contributed by atoms with van der Waals surface area (Å²) in [6, 6.07) is 4.46. The Morgan fingerprint density at radius 3 is 2.83 bits per heavy atom. The fourth-order valence-corrected chi connectivity index (χ4v) is 0.940. The minimum absolute atomic E-state index is 0. The number of pyridine rings is 1. The molecule has 1 unspecified atom stereocenters. The van der Waals surface area contributed by atoms with E-state index in [1.54, 1.807) is 0 Å². The van der Waals surface area contributed by atoms with E-state index >= 15 is 0 Å². The van der Waals surface area contributed by atoms with Gasteiger partial charge < -0.3 is 4.55 Å². The Hall–Kier alpha value is -0.250. The first-order valence-electron chi connectivity index (χ1n) is 2.69. The molecule has 0 aliphatic carbocycles. The van der Waals surface area contributed by atoms with Gasteiger partial charge in [-0.25, -0.2) is 4.98 Å². The fourth-order valence-electron chi connectivity index (χ4n) is 0.570. The maximum absolute atomic E-state index is 10.3. The van der Waals surface area contributed by atoms with Crippen LogP contribution in [0.3, 0.4) is 0 Å². The third kappa shape index (κ3) is 3.01. The van der Waals surface area contributed by atoms with Crippen LogP contribution in [0.1, 0.15) is 5.56 Å². The van der Waals surface area contributed by atoms with Crippen LogP contribution in [0.15, 0.2) is 23.4 Å². The Labute approximate surface area is 94.2 Å². The Bertz CT molecular complexity index is 337. The Kier molecular flexibility index (Phi) is 5.29. The van der Waals surface area contributed by atoms with Crippen LogP contribution in [-0.4, -0.2) is 13.7 Å². The van der Waals surface area contributed by atoms with E-state index in [0.717, 1.165) is 0 Å². The Balaban J connectivity index is 0.00000121. The number of nitriles is 1. The summed E-state index contributed by atoms with van der Waals surface area (Å²) >= 11 is -2.35. The predicted molar refractivity (Wildman–Crippen MR) is 36.1 cm³/mol. The van der Waals surface area contributed by atoms with Gasteiger partial charge in [-0.15, -0.1) is 0 Å². The summed E-state index contributed by atoms with van der Waals surface area (Å²) in [6.07, 6.45) is 1.28. The molecule has 0 aliphatic heterocycles. The molecule has 12 heavy (non-hydrogen) atoms. The minimum atomic E-state index is -2.35. The van der Waals surface area contributed by atoms with Gasteiger partial charge in [0.2, 0.25) is 0 Å². The van der Waals surface area contributed by atoms with Gasteiger partial charge in [0.05, 0.1) is 11.6 Å². The smallest absolute Gasteiger partial charge is 0.767 e. The van der Waals surface area contributed by atoms with Crippen LogP contribution >= 0.6 is 0 Å². The molecule has 1 aromatic rings. The van der Waals surface area contributed by atoms with Crippen molar-refractivity contribution < 1.29 is 38.3 Å². The first-order chi connectivity index (χ1) is 5.24. The van der Waals surface area contributed by atoms with Crippen molar-refractivity contribution in [2.75, 3.05) is 0 Å². The molecule has 1 rings (SSSR count). The summed E-state index contributed by atoms with van der Waals surface area (Å²) < 4.78 is 20.6. The molecule has 0 aliphatic rings. The van der Waals surface area contributed by atoms with Gasteiger partial charge >= 0.3 is 29.6 Å². The monoisotopic (exact) mass is 190 g/mol. The molecule has 0 radical (unpaired) electrons. The average molecular weight is 190 g/mol. The molecule has 6 heteroatoms. The van der Waals surface area contributed by atoms with E-state index in [2.05, 4.69) is 4.98 Å². The molecular weight excluding hydrogens is 187 g/mol. The Morgan fingerprint density at radius 2 is 2.33 bits per heavy atom. The normalized spacial score (nSPS) is 11.0. The first-order valence-corrected chi connectivity index (χ1v) is 3.77. The van der Waals surface area contributed by atoms with Gasteiger partial charge in [0.1, 0.15) is 5.03 Å². The van der Waals surface area contributed by atoms with Crippen molar-refractivity contribution in [3.8, 4) is 6.07 Å². The van der Waals surface area contributed by atoms with Gasteiger partial charge in [0.25, 0.3) is 0 Å². The molecule has 4 nitrogen and oxygen atoms in total. The zero-order valence-corrected chi connectivity index (χ0v) is 9.17. The standard InChI is InChI=1S/C6H4N2O2S.Na/c7-4-5-1-2-8-6(3-5)11(9)10;/h1-3H,(H,9,10);/q;+1/p-1. The van der Waals surface area contributed by atoms with Crippen molar-refractivity contribution in [2.45, 2.75) is 5.03 Å². The molecule has 0 spiro atoms. The zero-order chi connectivity index (χ0) is 8.27. The van der Waals surface area contributed by atoms with Gasteiger partial charge in [-0.2, -0.15) is 5.26 Å². The maximum Gasteiger partial charge on any atom is 1.00 e. The molecule has 1 heterocycles.